The van der Waals surface area contributed by atoms with Gasteiger partial charge in [-0.05, 0) is 50.2 Å². The van der Waals surface area contributed by atoms with Gasteiger partial charge in [0.05, 0.1) is 9.79 Å². The summed E-state index contributed by atoms with van der Waals surface area (Å²) in [7, 11) is -8.74. The Kier molecular flexibility index (Phi) is 4.99. The van der Waals surface area contributed by atoms with Crippen molar-refractivity contribution in [1.82, 2.24) is 0 Å². The third-order valence-electron chi connectivity index (χ3n) is 5.02. The SMILES string of the molecule is Cc1ccc(S(=O)(=O)C2(S(=O)(=O)c3ccc(C)cc3)N=C2c2ccc(Br)cc2)cc1. The molecule has 1 heterocycles. The molecule has 0 atom stereocenters. The van der Waals surface area contributed by atoms with Gasteiger partial charge < -0.3 is 0 Å². The number of hydrogen-bond donors (Lipinski definition) is 0. The summed E-state index contributed by atoms with van der Waals surface area (Å²) in [6, 6.07) is 19.0. The van der Waals surface area contributed by atoms with E-state index in [0.717, 1.165) is 15.6 Å². The molecule has 8 heteroatoms. The standard InChI is InChI=1S/C22H18BrNO4S2/c1-15-3-11-19(12-4-15)29(25,26)22(21(24-22)17-7-9-18(23)10-8-17)30(27,28)20-13-5-16(2)6-14-20/h3-14H,1-2H3. The zero-order chi connectivity index (χ0) is 21.7. The molecule has 154 valence electrons. The van der Waals surface area contributed by atoms with Crippen LogP contribution in [0.15, 0.2) is 92.1 Å². The molecule has 0 bridgehead atoms. The van der Waals surface area contributed by atoms with Gasteiger partial charge in [-0.15, -0.1) is 0 Å². The van der Waals surface area contributed by atoms with Crippen molar-refractivity contribution in [2.45, 2.75) is 27.8 Å². The Labute approximate surface area is 184 Å². The number of halogens is 1. The summed E-state index contributed by atoms with van der Waals surface area (Å²) < 4.78 is 53.1. The zero-order valence-corrected chi connectivity index (χ0v) is 19.4. The number of aliphatic imine (C=N–C) groups is 1. The van der Waals surface area contributed by atoms with Crippen LogP contribution in [0, 0.1) is 13.8 Å². The van der Waals surface area contributed by atoms with Crippen LogP contribution in [0.1, 0.15) is 16.7 Å². The molecule has 0 aromatic heterocycles. The molecular formula is C22H18BrNO4S2. The predicted octanol–water partition coefficient (Wildman–Crippen LogP) is 4.47. The van der Waals surface area contributed by atoms with E-state index in [1.54, 1.807) is 48.5 Å². The summed E-state index contributed by atoms with van der Waals surface area (Å²) in [4.78, 5) is 3.99. The maximum absolute atomic E-state index is 13.7. The summed E-state index contributed by atoms with van der Waals surface area (Å²) in [5.74, 6) is 0. The van der Waals surface area contributed by atoms with E-state index in [9.17, 15) is 16.8 Å². The van der Waals surface area contributed by atoms with Crippen molar-refractivity contribution in [2.75, 3.05) is 0 Å². The van der Waals surface area contributed by atoms with E-state index in [0.29, 0.717) is 5.56 Å². The van der Waals surface area contributed by atoms with Crippen LogP contribution < -0.4 is 0 Å². The highest BCUT2D eigenvalue weighted by Gasteiger charge is 2.69. The van der Waals surface area contributed by atoms with Crippen molar-refractivity contribution < 1.29 is 16.8 Å². The largest absolute Gasteiger partial charge is 0.313 e. The molecule has 1 aliphatic rings. The van der Waals surface area contributed by atoms with E-state index in [2.05, 4.69) is 20.9 Å². The molecule has 3 aromatic rings. The first-order chi connectivity index (χ1) is 14.1. The van der Waals surface area contributed by atoms with Crippen molar-refractivity contribution in [2.24, 2.45) is 4.99 Å². The van der Waals surface area contributed by atoms with Crippen LogP contribution in [-0.4, -0.2) is 26.8 Å². The highest BCUT2D eigenvalue weighted by Crippen LogP contribution is 2.48. The van der Waals surface area contributed by atoms with Gasteiger partial charge in [0, 0.05) is 10.0 Å². The van der Waals surface area contributed by atoms with Crippen LogP contribution in [0.2, 0.25) is 0 Å². The average Bonchev–Trinajstić information content (AvgIpc) is 3.48. The number of nitrogens with zero attached hydrogens (tertiary/aromatic N) is 1. The minimum Gasteiger partial charge on any atom is -0.240 e. The molecule has 0 aliphatic carbocycles. The van der Waals surface area contributed by atoms with Crippen molar-refractivity contribution in [3.05, 3.63) is 94.0 Å². The van der Waals surface area contributed by atoms with Gasteiger partial charge in [-0.25, -0.2) is 21.8 Å². The van der Waals surface area contributed by atoms with Crippen molar-refractivity contribution in [3.8, 4) is 0 Å². The molecule has 3 aromatic carbocycles. The quantitative estimate of drug-likeness (QED) is 0.514. The molecule has 0 radical (unpaired) electrons. The lowest BCUT2D eigenvalue weighted by Crippen LogP contribution is -2.39. The summed E-state index contributed by atoms with van der Waals surface area (Å²) in [5.41, 5.74) is 2.21. The Morgan fingerprint density at radius 1 is 0.667 bits per heavy atom. The Morgan fingerprint density at radius 3 is 1.47 bits per heavy atom. The smallest absolute Gasteiger partial charge is 0.240 e. The molecular weight excluding hydrogens is 486 g/mol. The maximum atomic E-state index is 13.7. The normalized spacial score (nSPS) is 15.5. The summed E-state index contributed by atoms with van der Waals surface area (Å²) in [6.45, 7) is 3.66. The minimum atomic E-state index is -4.37. The number of aryl methyl sites for hydroxylation is 2. The van der Waals surface area contributed by atoms with E-state index in [-0.39, 0.29) is 15.5 Å². The molecule has 1 aliphatic heterocycles. The zero-order valence-electron chi connectivity index (χ0n) is 16.2. The van der Waals surface area contributed by atoms with Gasteiger partial charge in [0.25, 0.3) is 0 Å². The fraction of sp³-hybridized carbons (Fsp3) is 0.136. The Bertz CT molecular complexity index is 1280. The van der Waals surface area contributed by atoms with E-state index in [4.69, 9.17) is 0 Å². The molecule has 0 amide bonds. The van der Waals surface area contributed by atoms with Crippen LogP contribution >= 0.6 is 15.9 Å². The van der Waals surface area contributed by atoms with Crippen LogP contribution in [0.25, 0.3) is 0 Å². The molecule has 5 nitrogen and oxygen atoms in total. The molecule has 30 heavy (non-hydrogen) atoms. The number of sulfone groups is 2. The monoisotopic (exact) mass is 503 g/mol. The molecule has 0 N–H and O–H groups in total. The summed E-state index contributed by atoms with van der Waals surface area (Å²) in [5, 5.41) is 0. The first-order valence-electron chi connectivity index (χ1n) is 9.08. The second kappa shape index (κ2) is 7.14. The lowest BCUT2D eigenvalue weighted by Gasteiger charge is -2.18. The molecule has 0 unspecified atom stereocenters. The Hall–Kier alpha value is -2.29. The van der Waals surface area contributed by atoms with E-state index < -0.39 is 23.9 Å². The van der Waals surface area contributed by atoms with E-state index in [1.807, 2.05) is 13.8 Å². The Balaban J connectivity index is 1.92. The van der Waals surface area contributed by atoms with Crippen molar-refractivity contribution >= 4 is 41.3 Å². The molecule has 0 saturated carbocycles. The second-order valence-electron chi connectivity index (χ2n) is 7.18. The number of rotatable bonds is 5. The van der Waals surface area contributed by atoms with Crippen LogP contribution in [0.5, 0.6) is 0 Å². The van der Waals surface area contributed by atoms with Crippen molar-refractivity contribution in [3.63, 3.8) is 0 Å². The predicted molar refractivity (Wildman–Crippen MR) is 120 cm³/mol. The molecule has 4 rings (SSSR count). The van der Waals surface area contributed by atoms with Gasteiger partial charge in [-0.3, -0.25) is 0 Å². The maximum Gasteiger partial charge on any atom is 0.313 e. The fourth-order valence-corrected chi connectivity index (χ4v) is 8.04. The topological polar surface area (TPSA) is 80.6 Å². The third-order valence-corrected chi connectivity index (χ3v) is 10.7. The third kappa shape index (κ3) is 3.14. The second-order valence-corrected chi connectivity index (χ2v) is 12.5. The van der Waals surface area contributed by atoms with Gasteiger partial charge in [-0.1, -0.05) is 63.5 Å². The first kappa shape index (κ1) is 21.0. The van der Waals surface area contributed by atoms with Gasteiger partial charge in [0.1, 0.15) is 5.71 Å². The molecule has 0 saturated heterocycles. The highest BCUT2D eigenvalue weighted by atomic mass is 79.9. The van der Waals surface area contributed by atoms with E-state index >= 15 is 0 Å². The van der Waals surface area contributed by atoms with Crippen LogP contribution in [-0.2, 0) is 19.7 Å². The highest BCUT2D eigenvalue weighted by molar-refractivity contribution is 9.10. The van der Waals surface area contributed by atoms with Crippen molar-refractivity contribution in [1.29, 1.82) is 0 Å². The number of benzene rings is 3. The average molecular weight is 504 g/mol. The lowest BCUT2D eigenvalue weighted by molar-refractivity contribution is 0.574. The van der Waals surface area contributed by atoms with Crippen LogP contribution in [0.4, 0.5) is 0 Å². The van der Waals surface area contributed by atoms with E-state index in [1.165, 1.54) is 24.3 Å². The minimum absolute atomic E-state index is 0.0242. The fourth-order valence-electron chi connectivity index (χ4n) is 3.25. The van der Waals surface area contributed by atoms with Gasteiger partial charge in [0.15, 0.2) is 0 Å². The van der Waals surface area contributed by atoms with Crippen LogP contribution in [0.3, 0.4) is 0 Å². The number of hydrogen-bond acceptors (Lipinski definition) is 5. The van der Waals surface area contributed by atoms with Gasteiger partial charge in [-0.2, -0.15) is 0 Å². The first-order valence-corrected chi connectivity index (χ1v) is 12.8. The van der Waals surface area contributed by atoms with Gasteiger partial charge in [0.2, 0.25) is 19.7 Å². The Morgan fingerprint density at radius 2 is 1.07 bits per heavy atom. The van der Waals surface area contributed by atoms with Gasteiger partial charge >= 0.3 is 4.20 Å². The molecule has 0 spiro atoms. The lowest BCUT2D eigenvalue weighted by atomic mass is 10.2. The summed E-state index contributed by atoms with van der Waals surface area (Å²) in [6.07, 6.45) is 0. The summed E-state index contributed by atoms with van der Waals surface area (Å²) >= 11 is 3.33. The molecule has 0 fully saturated rings.